The van der Waals surface area contributed by atoms with Crippen molar-refractivity contribution in [2.45, 2.75) is 24.9 Å². The number of hydrogen-bond donors (Lipinski definition) is 1. The predicted octanol–water partition coefficient (Wildman–Crippen LogP) is 3.00. The molecule has 21 heavy (non-hydrogen) atoms. The first-order valence-electron chi connectivity index (χ1n) is 7.19. The quantitative estimate of drug-likeness (QED) is 0.941. The summed E-state index contributed by atoms with van der Waals surface area (Å²) in [5.41, 5.74) is 1.18. The zero-order chi connectivity index (χ0) is 14.7. The van der Waals surface area contributed by atoms with E-state index in [4.69, 9.17) is 0 Å². The van der Waals surface area contributed by atoms with Crippen LogP contribution in [0.5, 0.6) is 0 Å². The minimum Gasteiger partial charge on any atom is -0.302 e. The molecule has 2 aromatic rings. The normalized spacial score (nSPS) is 22.8. The Balaban J connectivity index is 1.83. The van der Waals surface area contributed by atoms with Gasteiger partial charge in [-0.05, 0) is 29.9 Å². The summed E-state index contributed by atoms with van der Waals surface area (Å²) in [6.45, 7) is 0. The lowest BCUT2D eigenvalue weighted by atomic mass is 10.0. The second-order valence-electron chi connectivity index (χ2n) is 5.48. The molecular formula is C16H19NO2S2. The molecule has 0 aliphatic carbocycles. The van der Waals surface area contributed by atoms with Gasteiger partial charge in [0.1, 0.15) is 0 Å². The minimum atomic E-state index is -2.89. The van der Waals surface area contributed by atoms with E-state index in [-0.39, 0.29) is 17.8 Å². The van der Waals surface area contributed by atoms with Crippen molar-refractivity contribution < 1.29 is 8.42 Å². The first-order chi connectivity index (χ1) is 10.1. The molecule has 1 aliphatic heterocycles. The fourth-order valence-corrected chi connectivity index (χ4v) is 5.29. The van der Waals surface area contributed by atoms with Gasteiger partial charge in [-0.15, -0.1) is 11.3 Å². The zero-order valence-electron chi connectivity index (χ0n) is 11.7. The van der Waals surface area contributed by atoms with Crippen molar-refractivity contribution in [1.82, 2.24) is 5.32 Å². The fourth-order valence-electron chi connectivity index (χ4n) is 2.83. The molecule has 2 heterocycles. The number of benzene rings is 1. The summed E-state index contributed by atoms with van der Waals surface area (Å²) in [5.74, 6) is 0.585. The summed E-state index contributed by atoms with van der Waals surface area (Å²) in [6, 6.07) is 14.5. The van der Waals surface area contributed by atoms with Crippen LogP contribution in [0.15, 0.2) is 47.8 Å². The average Bonchev–Trinajstić information content (AvgIpc) is 2.99. The van der Waals surface area contributed by atoms with Gasteiger partial charge in [0, 0.05) is 10.9 Å². The van der Waals surface area contributed by atoms with E-state index in [9.17, 15) is 8.42 Å². The number of rotatable bonds is 4. The third-order valence-electron chi connectivity index (χ3n) is 3.83. The summed E-state index contributed by atoms with van der Waals surface area (Å²) < 4.78 is 23.7. The smallest absolute Gasteiger partial charge is 0.151 e. The fraction of sp³-hybridized carbons (Fsp3) is 0.375. The largest absolute Gasteiger partial charge is 0.302 e. The maximum Gasteiger partial charge on any atom is 0.151 e. The molecule has 0 saturated carbocycles. The lowest BCUT2D eigenvalue weighted by molar-refractivity contribution is 0.453. The van der Waals surface area contributed by atoms with Crippen molar-refractivity contribution >= 4 is 21.2 Å². The Morgan fingerprint density at radius 1 is 1.14 bits per heavy atom. The van der Waals surface area contributed by atoms with Gasteiger partial charge >= 0.3 is 0 Å². The summed E-state index contributed by atoms with van der Waals surface area (Å²) in [5, 5.41) is 5.62. The first-order valence-corrected chi connectivity index (χ1v) is 9.89. The minimum absolute atomic E-state index is 0.0380. The van der Waals surface area contributed by atoms with Gasteiger partial charge in [0.15, 0.2) is 9.84 Å². The first kappa shape index (κ1) is 14.8. The molecule has 1 aliphatic rings. The van der Waals surface area contributed by atoms with Crippen LogP contribution < -0.4 is 5.32 Å². The Hall–Kier alpha value is -1.17. The van der Waals surface area contributed by atoms with E-state index in [1.165, 1.54) is 10.4 Å². The number of thiophene rings is 1. The third-order valence-corrected chi connectivity index (χ3v) is 6.58. The Labute approximate surface area is 129 Å². The highest BCUT2D eigenvalue weighted by molar-refractivity contribution is 7.91. The third kappa shape index (κ3) is 3.73. The SMILES string of the molecule is O=S1(=O)CCCC(NC(c2ccccc2)c2cccs2)C1. The molecule has 112 valence electrons. The Kier molecular flexibility index (Phi) is 4.42. The molecule has 0 bridgehead atoms. The summed E-state index contributed by atoms with van der Waals surface area (Å²) in [6.07, 6.45) is 1.68. The van der Waals surface area contributed by atoms with Crippen molar-refractivity contribution in [3.63, 3.8) is 0 Å². The van der Waals surface area contributed by atoms with Gasteiger partial charge in [-0.25, -0.2) is 8.42 Å². The van der Waals surface area contributed by atoms with Crippen molar-refractivity contribution in [3.05, 3.63) is 58.3 Å². The molecule has 0 spiro atoms. The van der Waals surface area contributed by atoms with Crippen LogP contribution in [0.1, 0.15) is 29.3 Å². The number of sulfone groups is 1. The van der Waals surface area contributed by atoms with Gasteiger partial charge in [-0.2, -0.15) is 0 Å². The predicted molar refractivity (Wildman–Crippen MR) is 87.4 cm³/mol. The zero-order valence-corrected chi connectivity index (χ0v) is 13.4. The summed E-state index contributed by atoms with van der Waals surface area (Å²) >= 11 is 1.70. The standard InChI is InChI=1S/C16H19NO2S2/c18-21(19)11-5-8-14(12-21)17-16(15-9-4-10-20-15)13-6-2-1-3-7-13/h1-4,6-7,9-10,14,16-17H,5,8,11-12H2. The molecular weight excluding hydrogens is 302 g/mol. The van der Waals surface area contributed by atoms with Crippen molar-refractivity contribution in [2.24, 2.45) is 0 Å². The Morgan fingerprint density at radius 3 is 2.62 bits per heavy atom. The molecule has 2 unspecified atom stereocenters. The highest BCUT2D eigenvalue weighted by atomic mass is 32.2. The highest BCUT2D eigenvalue weighted by Crippen LogP contribution is 2.27. The van der Waals surface area contributed by atoms with Crippen LogP contribution in [0.2, 0.25) is 0 Å². The van der Waals surface area contributed by atoms with E-state index in [0.717, 1.165) is 12.8 Å². The number of nitrogens with one attached hydrogen (secondary N) is 1. The van der Waals surface area contributed by atoms with E-state index in [1.54, 1.807) is 11.3 Å². The molecule has 1 saturated heterocycles. The Morgan fingerprint density at radius 2 is 1.95 bits per heavy atom. The molecule has 1 aromatic heterocycles. The van der Waals surface area contributed by atoms with Crippen LogP contribution in [0.4, 0.5) is 0 Å². The molecule has 2 atom stereocenters. The van der Waals surface area contributed by atoms with E-state index in [2.05, 4.69) is 28.9 Å². The van der Waals surface area contributed by atoms with Gasteiger partial charge in [-0.1, -0.05) is 36.4 Å². The van der Waals surface area contributed by atoms with Crippen LogP contribution in [-0.4, -0.2) is 26.0 Å². The molecule has 0 radical (unpaired) electrons. The maximum atomic E-state index is 11.8. The van der Waals surface area contributed by atoms with Crippen molar-refractivity contribution in [3.8, 4) is 0 Å². The second-order valence-corrected chi connectivity index (χ2v) is 8.69. The molecule has 1 aromatic carbocycles. The van der Waals surface area contributed by atoms with E-state index in [1.807, 2.05) is 24.3 Å². The second kappa shape index (κ2) is 6.30. The Bertz CT molecular complexity index is 666. The molecule has 3 rings (SSSR count). The maximum absolute atomic E-state index is 11.8. The van der Waals surface area contributed by atoms with Crippen LogP contribution >= 0.6 is 11.3 Å². The lowest BCUT2D eigenvalue weighted by Crippen LogP contribution is -2.42. The van der Waals surface area contributed by atoms with Crippen molar-refractivity contribution in [1.29, 1.82) is 0 Å². The van der Waals surface area contributed by atoms with E-state index >= 15 is 0 Å². The lowest BCUT2D eigenvalue weighted by Gasteiger charge is -2.28. The average molecular weight is 321 g/mol. The van der Waals surface area contributed by atoms with Gasteiger partial charge in [0.05, 0.1) is 17.5 Å². The molecule has 1 N–H and O–H groups in total. The van der Waals surface area contributed by atoms with Gasteiger partial charge in [0.25, 0.3) is 0 Å². The summed E-state index contributed by atoms with van der Waals surface area (Å²) in [4.78, 5) is 1.23. The van der Waals surface area contributed by atoms with Gasteiger partial charge in [0.2, 0.25) is 0 Å². The van der Waals surface area contributed by atoms with Gasteiger partial charge in [-0.3, -0.25) is 0 Å². The van der Waals surface area contributed by atoms with Crippen LogP contribution in [-0.2, 0) is 9.84 Å². The molecule has 0 amide bonds. The molecule has 3 nitrogen and oxygen atoms in total. The van der Waals surface area contributed by atoms with Crippen LogP contribution in [0, 0.1) is 0 Å². The topological polar surface area (TPSA) is 46.2 Å². The monoisotopic (exact) mass is 321 g/mol. The summed E-state index contributed by atoms with van der Waals surface area (Å²) in [7, 11) is -2.89. The van der Waals surface area contributed by atoms with Crippen molar-refractivity contribution in [2.75, 3.05) is 11.5 Å². The highest BCUT2D eigenvalue weighted by Gasteiger charge is 2.27. The molecule has 1 fully saturated rings. The van der Waals surface area contributed by atoms with Crippen LogP contribution in [0.3, 0.4) is 0 Å². The van der Waals surface area contributed by atoms with E-state index < -0.39 is 9.84 Å². The van der Waals surface area contributed by atoms with Gasteiger partial charge < -0.3 is 5.32 Å². The van der Waals surface area contributed by atoms with E-state index in [0.29, 0.717) is 5.75 Å². The number of hydrogen-bond acceptors (Lipinski definition) is 4. The van der Waals surface area contributed by atoms with Crippen LogP contribution in [0.25, 0.3) is 0 Å². The molecule has 5 heteroatoms.